The number of rotatable bonds is 8. The molecule has 0 spiro atoms. The average Bonchev–Trinajstić information content (AvgIpc) is 3.33. The highest BCUT2D eigenvalue weighted by atomic mass is 15.2. The van der Waals surface area contributed by atoms with Crippen molar-refractivity contribution in [2.75, 3.05) is 9.80 Å². The van der Waals surface area contributed by atoms with Gasteiger partial charge in [0.1, 0.15) is 0 Å². The van der Waals surface area contributed by atoms with Crippen LogP contribution in [0.25, 0.3) is 33.4 Å². The van der Waals surface area contributed by atoms with E-state index >= 15 is 0 Å². The van der Waals surface area contributed by atoms with E-state index < -0.39 is 0 Å². The van der Waals surface area contributed by atoms with Crippen LogP contribution in [0.15, 0.2) is 237 Å². The van der Waals surface area contributed by atoms with Gasteiger partial charge in [-0.05, 0) is 99.0 Å². The third kappa shape index (κ3) is 7.31. The standard InChI is InChI=1S/C60H48N2/c1-60(2,3)48-35-40-56(54(41-48)45-23-11-5-12-24-45)61(50-36-33-44(34-37-50)43-21-9-4-10-22-43)51-38-39-53-57(42-51)62(49-29-17-8-18-30-49)55-32-20-19-31-52(55)59(53)58(46-25-13-6-14-26-46)47-27-15-7-16-28-47/h4-42H,1-3H3. The first kappa shape index (κ1) is 38.5. The third-order valence-corrected chi connectivity index (χ3v) is 12.0. The van der Waals surface area contributed by atoms with Crippen LogP contribution in [0.2, 0.25) is 0 Å². The van der Waals surface area contributed by atoms with E-state index in [-0.39, 0.29) is 5.41 Å². The van der Waals surface area contributed by atoms with E-state index in [2.05, 4.69) is 267 Å². The molecule has 0 atom stereocenters. The summed E-state index contributed by atoms with van der Waals surface area (Å²) in [6.07, 6.45) is 0. The number of para-hydroxylation sites is 2. The molecule has 1 aliphatic rings. The Hall–Kier alpha value is -7.68. The lowest BCUT2D eigenvalue weighted by atomic mass is 9.81. The second-order valence-electron chi connectivity index (χ2n) is 17.0. The zero-order chi connectivity index (χ0) is 42.0. The van der Waals surface area contributed by atoms with E-state index in [1.54, 1.807) is 0 Å². The minimum Gasteiger partial charge on any atom is -0.310 e. The van der Waals surface area contributed by atoms with Gasteiger partial charge in [0.15, 0.2) is 0 Å². The van der Waals surface area contributed by atoms with Gasteiger partial charge in [0.25, 0.3) is 0 Å². The summed E-state index contributed by atoms with van der Waals surface area (Å²) in [6.45, 7) is 6.88. The van der Waals surface area contributed by atoms with Gasteiger partial charge in [0.2, 0.25) is 0 Å². The molecule has 9 aromatic carbocycles. The Morgan fingerprint density at radius 2 is 0.887 bits per heavy atom. The van der Waals surface area contributed by atoms with Crippen LogP contribution >= 0.6 is 0 Å². The van der Waals surface area contributed by atoms with Crippen molar-refractivity contribution in [1.82, 2.24) is 0 Å². The summed E-state index contributed by atoms with van der Waals surface area (Å²) < 4.78 is 0. The second-order valence-corrected chi connectivity index (χ2v) is 17.0. The molecule has 0 aliphatic carbocycles. The number of fused-ring (bicyclic) bond motifs is 2. The predicted octanol–water partition coefficient (Wildman–Crippen LogP) is 16.6. The maximum atomic E-state index is 2.45. The molecule has 1 aliphatic heterocycles. The molecule has 0 bridgehead atoms. The molecule has 1 heterocycles. The van der Waals surface area contributed by atoms with E-state index in [1.165, 1.54) is 61.2 Å². The van der Waals surface area contributed by atoms with E-state index in [4.69, 9.17) is 0 Å². The summed E-state index contributed by atoms with van der Waals surface area (Å²) in [5.41, 5.74) is 19.8. The molecule has 2 heteroatoms. The number of nitrogens with zero attached hydrogens (tertiary/aromatic N) is 2. The largest absolute Gasteiger partial charge is 0.310 e. The van der Waals surface area contributed by atoms with Crippen molar-refractivity contribution in [3.8, 4) is 22.3 Å². The van der Waals surface area contributed by atoms with Gasteiger partial charge < -0.3 is 9.80 Å². The molecule has 0 radical (unpaired) electrons. The van der Waals surface area contributed by atoms with Crippen molar-refractivity contribution in [2.24, 2.45) is 0 Å². The summed E-state index contributed by atoms with van der Waals surface area (Å²) in [5.74, 6) is 0. The predicted molar refractivity (Wildman–Crippen MR) is 263 cm³/mol. The lowest BCUT2D eigenvalue weighted by molar-refractivity contribution is 0.590. The molecule has 2 nitrogen and oxygen atoms in total. The van der Waals surface area contributed by atoms with Gasteiger partial charge in [-0.3, -0.25) is 0 Å². The smallest absolute Gasteiger partial charge is 0.0561 e. The lowest BCUT2D eigenvalue weighted by Gasteiger charge is -2.37. The maximum absolute atomic E-state index is 2.45. The molecule has 0 amide bonds. The highest BCUT2D eigenvalue weighted by molar-refractivity contribution is 6.13. The fraction of sp³-hybridized carbons (Fsp3) is 0.0667. The molecule has 298 valence electrons. The van der Waals surface area contributed by atoms with Gasteiger partial charge in [-0.25, -0.2) is 0 Å². The zero-order valence-corrected chi connectivity index (χ0v) is 35.4. The minimum absolute atomic E-state index is 0.0302. The first-order chi connectivity index (χ1) is 30.4. The quantitative estimate of drug-likeness (QED) is 0.151. The van der Waals surface area contributed by atoms with Crippen LogP contribution in [0.3, 0.4) is 0 Å². The van der Waals surface area contributed by atoms with Crippen LogP contribution < -0.4 is 9.80 Å². The van der Waals surface area contributed by atoms with Gasteiger partial charge in [-0.2, -0.15) is 0 Å². The fourth-order valence-corrected chi connectivity index (χ4v) is 8.91. The highest BCUT2D eigenvalue weighted by Gasteiger charge is 2.32. The van der Waals surface area contributed by atoms with Crippen molar-refractivity contribution in [1.29, 1.82) is 0 Å². The molecular weight excluding hydrogens is 749 g/mol. The molecule has 0 saturated carbocycles. The normalized spacial score (nSPS) is 12.0. The number of benzene rings is 9. The van der Waals surface area contributed by atoms with Crippen LogP contribution in [0, 0.1) is 0 Å². The Balaban J connectivity index is 1.27. The molecule has 0 fully saturated rings. The number of hydrogen-bond donors (Lipinski definition) is 0. The first-order valence-corrected chi connectivity index (χ1v) is 21.5. The van der Waals surface area contributed by atoms with Crippen LogP contribution in [-0.4, -0.2) is 0 Å². The average molecular weight is 797 g/mol. The summed E-state index contributed by atoms with van der Waals surface area (Å²) in [7, 11) is 0. The maximum Gasteiger partial charge on any atom is 0.0561 e. The minimum atomic E-state index is -0.0302. The highest BCUT2D eigenvalue weighted by Crippen LogP contribution is 2.54. The van der Waals surface area contributed by atoms with Gasteiger partial charge in [0.05, 0.1) is 17.1 Å². The van der Waals surface area contributed by atoms with E-state index in [0.717, 1.165) is 34.1 Å². The fourth-order valence-electron chi connectivity index (χ4n) is 8.91. The van der Waals surface area contributed by atoms with E-state index in [0.29, 0.717) is 0 Å². The number of hydrogen-bond acceptors (Lipinski definition) is 2. The van der Waals surface area contributed by atoms with Crippen LogP contribution in [0.4, 0.5) is 34.1 Å². The van der Waals surface area contributed by atoms with E-state index in [1.807, 2.05) is 0 Å². The molecule has 0 saturated heterocycles. The Kier molecular flexibility index (Phi) is 10.2. The van der Waals surface area contributed by atoms with Crippen molar-refractivity contribution >= 4 is 45.3 Å². The van der Waals surface area contributed by atoms with Crippen molar-refractivity contribution in [2.45, 2.75) is 26.2 Å². The van der Waals surface area contributed by atoms with Crippen LogP contribution in [-0.2, 0) is 5.41 Å². The summed E-state index contributed by atoms with van der Waals surface area (Å²) >= 11 is 0. The zero-order valence-electron chi connectivity index (χ0n) is 35.4. The molecule has 0 N–H and O–H groups in total. The van der Waals surface area contributed by atoms with Crippen LogP contribution in [0.1, 0.15) is 48.6 Å². The van der Waals surface area contributed by atoms with Gasteiger partial charge in [-0.15, -0.1) is 0 Å². The van der Waals surface area contributed by atoms with Crippen molar-refractivity contribution in [3.63, 3.8) is 0 Å². The summed E-state index contributed by atoms with van der Waals surface area (Å²) in [5, 5.41) is 0. The SMILES string of the molecule is CC(C)(C)c1ccc(N(c2ccc(-c3ccccc3)cc2)c2ccc3c(c2)N(c2ccccc2)c2ccccc2C3=C(c2ccccc2)c2ccccc2)c(-c2ccccc2)c1. The molecule has 62 heavy (non-hydrogen) atoms. The van der Waals surface area contributed by atoms with Gasteiger partial charge in [0, 0.05) is 39.3 Å². The summed E-state index contributed by atoms with van der Waals surface area (Å²) in [4.78, 5) is 4.90. The molecule has 0 unspecified atom stereocenters. The Labute approximate surface area is 366 Å². The molecule has 10 rings (SSSR count). The monoisotopic (exact) mass is 796 g/mol. The molecule has 9 aromatic rings. The van der Waals surface area contributed by atoms with Gasteiger partial charge >= 0.3 is 0 Å². The lowest BCUT2D eigenvalue weighted by Crippen LogP contribution is -2.20. The third-order valence-electron chi connectivity index (χ3n) is 12.0. The Morgan fingerprint density at radius 1 is 0.387 bits per heavy atom. The van der Waals surface area contributed by atoms with Crippen molar-refractivity contribution < 1.29 is 0 Å². The topological polar surface area (TPSA) is 6.48 Å². The van der Waals surface area contributed by atoms with Crippen molar-refractivity contribution in [3.05, 3.63) is 264 Å². The first-order valence-electron chi connectivity index (χ1n) is 21.5. The second kappa shape index (κ2) is 16.4. The Morgan fingerprint density at radius 3 is 1.50 bits per heavy atom. The van der Waals surface area contributed by atoms with Crippen LogP contribution in [0.5, 0.6) is 0 Å². The molecule has 0 aromatic heterocycles. The van der Waals surface area contributed by atoms with Gasteiger partial charge in [-0.1, -0.05) is 203 Å². The number of anilines is 6. The summed E-state index contributed by atoms with van der Waals surface area (Å²) in [6, 6.07) is 86.0. The Bertz CT molecular complexity index is 2960. The van der Waals surface area contributed by atoms with E-state index in [9.17, 15) is 0 Å². The molecular formula is C60H48N2.